The third-order valence-corrected chi connectivity index (χ3v) is 5.25. The summed E-state index contributed by atoms with van der Waals surface area (Å²) in [6.45, 7) is 14.1. The molecule has 0 radical (unpaired) electrons. The summed E-state index contributed by atoms with van der Waals surface area (Å²) in [6, 6.07) is -0.0491. The Morgan fingerprint density at radius 3 is 2.36 bits per heavy atom. The molecular formula is C15H28N4O2S. The van der Waals surface area contributed by atoms with Crippen molar-refractivity contribution < 1.29 is 9.00 Å². The van der Waals surface area contributed by atoms with Gasteiger partial charge in [0.25, 0.3) is 0 Å². The van der Waals surface area contributed by atoms with Crippen LogP contribution in [0, 0.1) is 13.8 Å². The minimum absolute atomic E-state index is 0.242. The van der Waals surface area contributed by atoms with Crippen molar-refractivity contribution in [1.82, 2.24) is 15.1 Å². The third kappa shape index (κ3) is 4.83. The Morgan fingerprint density at radius 1 is 1.32 bits per heavy atom. The van der Waals surface area contributed by atoms with Crippen LogP contribution in [0.3, 0.4) is 0 Å². The largest absolute Gasteiger partial charge is 0.337 e. The average molecular weight is 328 g/mol. The lowest BCUT2D eigenvalue weighted by atomic mass is 10.3. The highest BCUT2D eigenvalue weighted by molar-refractivity contribution is 7.86. The van der Waals surface area contributed by atoms with Gasteiger partial charge in [0.2, 0.25) is 0 Å². The van der Waals surface area contributed by atoms with Crippen LogP contribution in [0.25, 0.3) is 0 Å². The second kappa shape index (κ2) is 7.26. The van der Waals surface area contributed by atoms with Crippen molar-refractivity contribution in [2.75, 3.05) is 17.6 Å². The van der Waals surface area contributed by atoms with Gasteiger partial charge in [-0.3, -0.25) is 8.89 Å². The van der Waals surface area contributed by atoms with Gasteiger partial charge in [-0.25, -0.2) is 4.79 Å². The Hall–Kier alpha value is -1.37. The first-order valence-electron chi connectivity index (χ1n) is 7.53. The van der Waals surface area contributed by atoms with Crippen LogP contribution < -0.4 is 10.6 Å². The number of carbonyl (C=O) groups is 1. The number of urea groups is 1. The van der Waals surface area contributed by atoms with Crippen LogP contribution in [0.2, 0.25) is 0 Å². The lowest BCUT2D eigenvalue weighted by Gasteiger charge is -2.17. The Balaban J connectivity index is 2.58. The highest BCUT2D eigenvalue weighted by Crippen LogP contribution is 2.22. The molecule has 0 spiro atoms. The molecule has 1 aromatic rings. The summed E-state index contributed by atoms with van der Waals surface area (Å²) in [6.07, 6.45) is 0. The number of nitrogens with one attached hydrogen (secondary N) is 2. The highest BCUT2D eigenvalue weighted by Gasteiger charge is 2.19. The van der Waals surface area contributed by atoms with Crippen molar-refractivity contribution >= 4 is 22.5 Å². The molecule has 0 fully saturated rings. The van der Waals surface area contributed by atoms with Crippen molar-refractivity contribution in [3.63, 3.8) is 0 Å². The number of nitrogens with zero attached hydrogens (tertiary/aromatic N) is 2. The van der Waals surface area contributed by atoms with Gasteiger partial charge in [0.05, 0.1) is 17.1 Å². The van der Waals surface area contributed by atoms with Crippen molar-refractivity contribution in [1.29, 1.82) is 0 Å². The maximum absolute atomic E-state index is 12.0. The molecule has 0 bridgehead atoms. The van der Waals surface area contributed by atoms with Gasteiger partial charge in [-0.15, -0.1) is 0 Å². The minimum atomic E-state index is -0.970. The molecule has 22 heavy (non-hydrogen) atoms. The SMILES string of the molecule is Cc1nn(C(C)C)c(C)c1NC(=O)NCC[S@](=O)C(C)(C)C. The Morgan fingerprint density at radius 2 is 1.91 bits per heavy atom. The van der Waals surface area contributed by atoms with Crippen LogP contribution in [-0.4, -0.2) is 37.1 Å². The number of hydrogen-bond donors (Lipinski definition) is 2. The number of aromatic nitrogens is 2. The molecule has 0 aliphatic rings. The number of aryl methyl sites for hydroxylation is 1. The van der Waals surface area contributed by atoms with Crippen LogP contribution >= 0.6 is 0 Å². The fourth-order valence-electron chi connectivity index (χ4n) is 2.07. The molecule has 0 aromatic carbocycles. The monoisotopic (exact) mass is 328 g/mol. The molecule has 0 aliphatic heterocycles. The first kappa shape index (κ1) is 18.7. The molecule has 1 atom stereocenters. The summed E-state index contributed by atoms with van der Waals surface area (Å²) in [5.74, 6) is 0.445. The van der Waals surface area contributed by atoms with E-state index >= 15 is 0 Å². The van der Waals surface area contributed by atoms with Crippen molar-refractivity contribution in [2.45, 2.75) is 59.3 Å². The van der Waals surface area contributed by atoms with E-state index < -0.39 is 10.8 Å². The van der Waals surface area contributed by atoms with Gasteiger partial charge in [-0.1, -0.05) is 0 Å². The van der Waals surface area contributed by atoms with Crippen LogP contribution in [0.5, 0.6) is 0 Å². The van der Waals surface area contributed by atoms with E-state index in [9.17, 15) is 9.00 Å². The molecular weight excluding hydrogens is 300 g/mol. The lowest BCUT2D eigenvalue weighted by Crippen LogP contribution is -2.35. The molecule has 7 heteroatoms. The molecule has 1 rings (SSSR count). The minimum Gasteiger partial charge on any atom is -0.337 e. The van der Waals surface area contributed by atoms with Crippen molar-refractivity contribution in [2.24, 2.45) is 0 Å². The van der Waals surface area contributed by atoms with Gasteiger partial charge >= 0.3 is 6.03 Å². The molecule has 0 saturated carbocycles. The quantitative estimate of drug-likeness (QED) is 0.872. The number of carbonyl (C=O) groups excluding carboxylic acids is 1. The Kier molecular flexibility index (Phi) is 6.17. The molecule has 2 amide bonds. The van der Waals surface area contributed by atoms with E-state index in [-0.39, 0.29) is 16.8 Å². The number of rotatable bonds is 5. The topological polar surface area (TPSA) is 76.0 Å². The summed E-state index contributed by atoms with van der Waals surface area (Å²) in [5.41, 5.74) is 2.46. The van der Waals surface area contributed by atoms with Gasteiger partial charge in [-0.05, 0) is 48.5 Å². The molecule has 1 aromatic heterocycles. The van der Waals surface area contributed by atoms with Crippen LogP contribution in [-0.2, 0) is 10.8 Å². The molecule has 6 nitrogen and oxygen atoms in total. The predicted molar refractivity (Wildman–Crippen MR) is 91.9 cm³/mol. The summed E-state index contributed by atoms with van der Waals surface area (Å²) < 4.78 is 13.5. The molecule has 1 heterocycles. The van der Waals surface area contributed by atoms with Crippen molar-refractivity contribution in [3.05, 3.63) is 11.4 Å². The van der Waals surface area contributed by atoms with Gasteiger partial charge < -0.3 is 10.6 Å². The van der Waals surface area contributed by atoms with Gasteiger partial charge in [-0.2, -0.15) is 5.10 Å². The fourth-order valence-corrected chi connectivity index (χ4v) is 2.97. The molecule has 126 valence electrons. The van der Waals surface area contributed by atoms with E-state index in [0.29, 0.717) is 12.3 Å². The fraction of sp³-hybridized carbons (Fsp3) is 0.733. The summed E-state index contributed by atoms with van der Waals surface area (Å²) in [7, 11) is -0.970. The predicted octanol–water partition coefficient (Wildman–Crippen LogP) is 2.75. The lowest BCUT2D eigenvalue weighted by molar-refractivity contribution is 0.252. The zero-order valence-electron chi connectivity index (χ0n) is 14.6. The van der Waals surface area contributed by atoms with Gasteiger partial charge in [0.15, 0.2) is 0 Å². The number of hydrogen-bond acceptors (Lipinski definition) is 3. The van der Waals surface area contributed by atoms with Gasteiger partial charge in [0.1, 0.15) is 0 Å². The van der Waals surface area contributed by atoms with E-state index in [4.69, 9.17) is 0 Å². The van der Waals surface area contributed by atoms with Crippen molar-refractivity contribution in [3.8, 4) is 0 Å². The van der Waals surface area contributed by atoms with E-state index in [1.54, 1.807) is 0 Å². The van der Waals surface area contributed by atoms with E-state index in [1.165, 1.54) is 0 Å². The summed E-state index contributed by atoms with van der Waals surface area (Å²) in [5, 5.41) is 10.0. The second-order valence-corrected chi connectivity index (χ2v) is 8.95. The smallest absolute Gasteiger partial charge is 0.319 e. The molecule has 0 saturated heterocycles. The third-order valence-electron chi connectivity index (χ3n) is 3.31. The average Bonchev–Trinajstić information content (AvgIpc) is 2.65. The Labute approximate surface area is 135 Å². The zero-order chi connectivity index (χ0) is 17.1. The second-order valence-electron chi connectivity index (χ2n) is 6.63. The number of amides is 2. The van der Waals surface area contributed by atoms with Crippen LogP contribution in [0.1, 0.15) is 52.0 Å². The normalized spacial score (nSPS) is 13.3. The van der Waals surface area contributed by atoms with Gasteiger partial charge in [0, 0.05) is 33.9 Å². The summed E-state index contributed by atoms with van der Waals surface area (Å²) in [4.78, 5) is 12.0. The highest BCUT2D eigenvalue weighted by atomic mass is 32.2. The maximum Gasteiger partial charge on any atom is 0.319 e. The van der Waals surface area contributed by atoms with E-state index in [1.807, 2.05) is 53.1 Å². The van der Waals surface area contributed by atoms with E-state index in [0.717, 1.165) is 17.1 Å². The van der Waals surface area contributed by atoms with Crippen LogP contribution in [0.4, 0.5) is 10.5 Å². The zero-order valence-corrected chi connectivity index (χ0v) is 15.4. The maximum atomic E-state index is 12.0. The standard InChI is InChI=1S/C15H28N4O2S/c1-10(2)19-12(4)13(11(3)18-19)17-14(20)16-8-9-22(21)15(5,6)7/h10H,8-9H2,1-7H3,(H2,16,17,20)/t22-/m0/s1. The molecule has 0 unspecified atom stereocenters. The first-order chi connectivity index (χ1) is 10.0. The Bertz CT molecular complexity index is 559. The number of anilines is 1. The van der Waals surface area contributed by atoms with E-state index in [2.05, 4.69) is 15.7 Å². The molecule has 2 N–H and O–H groups in total. The van der Waals surface area contributed by atoms with Crippen LogP contribution in [0.15, 0.2) is 0 Å². The molecule has 0 aliphatic carbocycles. The first-order valence-corrected chi connectivity index (χ1v) is 8.85. The summed E-state index contributed by atoms with van der Waals surface area (Å²) >= 11 is 0.